The minimum atomic E-state index is -1.78. The van der Waals surface area contributed by atoms with Gasteiger partial charge in [0, 0.05) is 6.92 Å². The number of aliphatic hydroxyl groups excluding tert-OH is 6. The molecule has 6 N–H and O–H groups in total. The predicted molar refractivity (Wildman–Crippen MR) is 92.6 cm³/mol. The highest BCUT2D eigenvalue weighted by atomic mass is 16.7. The van der Waals surface area contributed by atoms with Crippen LogP contribution >= 0.6 is 0 Å². The van der Waals surface area contributed by atoms with E-state index < -0.39 is 93.0 Å². The standard InChI is InChI=1S/C17H28O13/c1-6-15(12(23)11(22)8(3-18)27-6)30-17-14(25)13(24)16(29-10(21)4-19)9(28-17)5-26-7(2)20/h6,8-9,11-19,22-25H,3-5H2,1-2H3/t6?,8?,9?,11-,12?,13?,14+,15-,16-,17+/m1/s1. The summed E-state index contributed by atoms with van der Waals surface area (Å²) >= 11 is 0. The maximum Gasteiger partial charge on any atom is 0.332 e. The highest BCUT2D eigenvalue weighted by Crippen LogP contribution is 2.30. The lowest BCUT2D eigenvalue weighted by Gasteiger charge is -2.46. The van der Waals surface area contributed by atoms with Crippen LogP contribution in [0.15, 0.2) is 0 Å². The molecule has 2 saturated heterocycles. The summed E-state index contributed by atoms with van der Waals surface area (Å²) in [7, 11) is 0. The Balaban J connectivity index is 2.16. The molecular formula is C17H28O13. The topological polar surface area (TPSA) is 202 Å². The van der Waals surface area contributed by atoms with Gasteiger partial charge in [0.05, 0.1) is 12.7 Å². The van der Waals surface area contributed by atoms with E-state index in [1.54, 1.807) is 0 Å². The quantitative estimate of drug-likeness (QED) is 0.208. The lowest BCUT2D eigenvalue weighted by atomic mass is 9.95. The van der Waals surface area contributed by atoms with Gasteiger partial charge in [0.2, 0.25) is 0 Å². The van der Waals surface area contributed by atoms with E-state index in [1.807, 2.05) is 0 Å². The molecule has 0 saturated carbocycles. The summed E-state index contributed by atoms with van der Waals surface area (Å²) in [6, 6.07) is 0. The minimum Gasteiger partial charge on any atom is -0.463 e. The number of esters is 2. The summed E-state index contributed by atoms with van der Waals surface area (Å²) in [4.78, 5) is 22.6. The first-order chi connectivity index (χ1) is 14.1. The summed E-state index contributed by atoms with van der Waals surface area (Å²) < 4.78 is 26.1. The van der Waals surface area contributed by atoms with Crippen molar-refractivity contribution in [2.45, 2.75) is 75.1 Å². The zero-order valence-corrected chi connectivity index (χ0v) is 16.4. The molecule has 0 aromatic rings. The molecule has 10 atom stereocenters. The van der Waals surface area contributed by atoms with Crippen LogP contribution in [0.25, 0.3) is 0 Å². The van der Waals surface area contributed by atoms with E-state index >= 15 is 0 Å². The third-order valence-electron chi connectivity index (χ3n) is 4.88. The molecule has 13 nitrogen and oxygen atoms in total. The average Bonchev–Trinajstić information content (AvgIpc) is 2.71. The number of ether oxygens (including phenoxy) is 5. The molecule has 2 rings (SSSR count). The van der Waals surface area contributed by atoms with Crippen LogP contribution in [-0.4, -0.2) is 124 Å². The second kappa shape index (κ2) is 10.7. The molecule has 0 bridgehead atoms. The Kier molecular flexibility index (Phi) is 8.90. The number of hydrogen-bond acceptors (Lipinski definition) is 13. The smallest absolute Gasteiger partial charge is 0.332 e. The fourth-order valence-corrected chi connectivity index (χ4v) is 3.31. The van der Waals surface area contributed by atoms with Crippen LogP contribution in [-0.2, 0) is 33.3 Å². The van der Waals surface area contributed by atoms with Crippen molar-refractivity contribution in [3.63, 3.8) is 0 Å². The molecule has 0 spiro atoms. The van der Waals surface area contributed by atoms with Crippen molar-refractivity contribution in [1.82, 2.24) is 0 Å². The zero-order chi connectivity index (χ0) is 22.6. The SMILES string of the molecule is CC(=O)OCC1O[C@@H](O[C@@H]2C(C)OC(CO)[C@@H](O)C2O)[C@@H](O)C(O)[C@@H]1OC(=O)CO. The fraction of sp³-hybridized carbons (Fsp3) is 0.882. The van der Waals surface area contributed by atoms with Crippen LogP contribution in [0.3, 0.4) is 0 Å². The molecule has 2 aliphatic heterocycles. The zero-order valence-electron chi connectivity index (χ0n) is 16.4. The van der Waals surface area contributed by atoms with Gasteiger partial charge in [0.25, 0.3) is 0 Å². The van der Waals surface area contributed by atoms with Crippen molar-refractivity contribution < 1.29 is 63.9 Å². The van der Waals surface area contributed by atoms with Gasteiger partial charge < -0.3 is 54.3 Å². The highest BCUT2D eigenvalue weighted by molar-refractivity contribution is 5.70. The van der Waals surface area contributed by atoms with Gasteiger partial charge in [-0.2, -0.15) is 0 Å². The summed E-state index contributed by atoms with van der Waals surface area (Å²) in [5, 5.41) is 59.2. The third kappa shape index (κ3) is 5.63. The third-order valence-corrected chi connectivity index (χ3v) is 4.88. The van der Waals surface area contributed by atoms with E-state index in [-0.39, 0.29) is 0 Å². The Hall–Kier alpha value is -1.42. The molecule has 174 valence electrons. The average molecular weight is 440 g/mol. The van der Waals surface area contributed by atoms with Crippen LogP contribution in [0.5, 0.6) is 0 Å². The second-order valence-electron chi connectivity index (χ2n) is 7.08. The number of hydrogen-bond donors (Lipinski definition) is 6. The number of rotatable bonds is 7. The molecule has 0 aromatic heterocycles. The van der Waals surface area contributed by atoms with Gasteiger partial charge in [-0.1, -0.05) is 0 Å². The lowest BCUT2D eigenvalue weighted by Crippen LogP contribution is -2.64. The summed E-state index contributed by atoms with van der Waals surface area (Å²) in [6.07, 6.45) is -14.0. The molecule has 2 fully saturated rings. The molecule has 0 radical (unpaired) electrons. The molecule has 0 amide bonds. The normalized spacial score (nSPS) is 41.9. The van der Waals surface area contributed by atoms with Crippen LogP contribution in [0.4, 0.5) is 0 Å². The molecule has 2 heterocycles. The van der Waals surface area contributed by atoms with Crippen LogP contribution < -0.4 is 0 Å². The van der Waals surface area contributed by atoms with Crippen LogP contribution in [0, 0.1) is 0 Å². The fourth-order valence-electron chi connectivity index (χ4n) is 3.31. The van der Waals surface area contributed by atoms with Crippen molar-refractivity contribution >= 4 is 11.9 Å². The molecule has 0 aromatic carbocycles. The van der Waals surface area contributed by atoms with E-state index in [2.05, 4.69) is 0 Å². The number of carbonyl (C=O) groups excluding carboxylic acids is 2. The Morgan fingerprint density at radius 3 is 2.10 bits per heavy atom. The van der Waals surface area contributed by atoms with E-state index in [9.17, 15) is 35.1 Å². The molecule has 13 heteroatoms. The minimum absolute atomic E-state index is 0.475. The van der Waals surface area contributed by atoms with Gasteiger partial charge in [-0.3, -0.25) is 4.79 Å². The summed E-state index contributed by atoms with van der Waals surface area (Å²) in [5.74, 6) is -1.79. The summed E-state index contributed by atoms with van der Waals surface area (Å²) in [5.41, 5.74) is 0. The van der Waals surface area contributed by atoms with Crippen LogP contribution in [0.2, 0.25) is 0 Å². The Morgan fingerprint density at radius 2 is 1.53 bits per heavy atom. The van der Waals surface area contributed by atoms with E-state index in [0.717, 1.165) is 6.92 Å². The van der Waals surface area contributed by atoms with Crippen molar-refractivity contribution in [3.8, 4) is 0 Å². The van der Waals surface area contributed by atoms with Gasteiger partial charge in [0.1, 0.15) is 55.9 Å². The molecular weight excluding hydrogens is 412 g/mol. The van der Waals surface area contributed by atoms with Gasteiger partial charge in [0.15, 0.2) is 12.4 Å². The first kappa shape index (κ1) is 24.8. The number of aliphatic hydroxyl groups is 6. The first-order valence-electron chi connectivity index (χ1n) is 9.33. The second-order valence-corrected chi connectivity index (χ2v) is 7.08. The Labute approximate surface area is 171 Å². The Morgan fingerprint density at radius 1 is 0.900 bits per heavy atom. The molecule has 30 heavy (non-hydrogen) atoms. The van der Waals surface area contributed by atoms with Crippen molar-refractivity contribution in [2.75, 3.05) is 19.8 Å². The predicted octanol–water partition coefficient (Wildman–Crippen LogP) is -4.21. The molecule has 2 aliphatic rings. The summed E-state index contributed by atoms with van der Waals surface area (Å²) in [6.45, 7) is 0.603. The maximum absolute atomic E-state index is 11.4. The lowest BCUT2D eigenvalue weighted by molar-refractivity contribution is -0.341. The van der Waals surface area contributed by atoms with E-state index in [4.69, 9.17) is 28.8 Å². The Bertz CT molecular complexity index is 586. The van der Waals surface area contributed by atoms with Crippen molar-refractivity contribution in [2.24, 2.45) is 0 Å². The number of carbonyl (C=O) groups is 2. The monoisotopic (exact) mass is 440 g/mol. The molecule has 5 unspecified atom stereocenters. The molecule has 0 aliphatic carbocycles. The van der Waals surface area contributed by atoms with Crippen molar-refractivity contribution in [1.29, 1.82) is 0 Å². The van der Waals surface area contributed by atoms with Gasteiger partial charge in [-0.15, -0.1) is 0 Å². The highest BCUT2D eigenvalue weighted by Gasteiger charge is 2.51. The maximum atomic E-state index is 11.4. The van der Waals surface area contributed by atoms with Gasteiger partial charge in [-0.25, -0.2) is 4.79 Å². The van der Waals surface area contributed by atoms with Gasteiger partial charge in [-0.05, 0) is 6.92 Å². The largest absolute Gasteiger partial charge is 0.463 e. The van der Waals surface area contributed by atoms with Crippen LogP contribution in [0.1, 0.15) is 13.8 Å². The van der Waals surface area contributed by atoms with E-state index in [1.165, 1.54) is 6.92 Å². The van der Waals surface area contributed by atoms with E-state index in [0.29, 0.717) is 0 Å². The first-order valence-corrected chi connectivity index (χ1v) is 9.33. The van der Waals surface area contributed by atoms with Gasteiger partial charge >= 0.3 is 11.9 Å². The van der Waals surface area contributed by atoms with Crippen molar-refractivity contribution in [3.05, 3.63) is 0 Å².